The van der Waals surface area contributed by atoms with E-state index in [4.69, 9.17) is 14.5 Å². The van der Waals surface area contributed by atoms with Crippen LogP contribution in [0.15, 0.2) is 54.9 Å². The number of rotatable bonds is 8. The Labute approximate surface area is 206 Å². The fourth-order valence-electron chi connectivity index (χ4n) is 4.19. The molecule has 188 valence electrons. The number of benzene rings is 2. The first kappa shape index (κ1) is 24.1. The van der Waals surface area contributed by atoms with Crippen LogP contribution in [0, 0.1) is 5.92 Å². The summed E-state index contributed by atoms with van der Waals surface area (Å²) < 4.78 is 50.9. The molecule has 5 rings (SSSR count). The fraction of sp³-hybridized carbons (Fsp3) is 0.346. The predicted octanol–water partition coefficient (Wildman–Crippen LogP) is 5.93. The van der Waals surface area contributed by atoms with Gasteiger partial charge in [0.15, 0.2) is 0 Å². The Morgan fingerprint density at radius 2 is 1.83 bits per heavy atom. The molecule has 36 heavy (non-hydrogen) atoms. The molecule has 10 heteroatoms. The third-order valence-corrected chi connectivity index (χ3v) is 6.34. The number of ether oxygens (including phenoxy) is 2. The summed E-state index contributed by atoms with van der Waals surface area (Å²) in [6.45, 7) is 3.74. The van der Waals surface area contributed by atoms with Crippen LogP contribution in [0.1, 0.15) is 36.1 Å². The Kier molecular flexibility index (Phi) is 6.53. The van der Waals surface area contributed by atoms with Crippen molar-refractivity contribution in [1.29, 1.82) is 0 Å². The molecule has 2 aromatic heterocycles. The van der Waals surface area contributed by atoms with Gasteiger partial charge in [-0.2, -0.15) is 13.2 Å². The number of imidazole rings is 1. The number of nitrogens with zero attached hydrogens (tertiary/aromatic N) is 4. The quantitative estimate of drug-likeness (QED) is 0.325. The molecule has 2 aromatic carbocycles. The first-order chi connectivity index (χ1) is 17.3. The number of aromatic nitrogens is 4. The predicted molar refractivity (Wildman–Crippen MR) is 129 cm³/mol. The van der Waals surface area contributed by atoms with Crippen LogP contribution in [-0.4, -0.2) is 32.7 Å². The number of nitrogens with one attached hydrogen (secondary N) is 1. The van der Waals surface area contributed by atoms with Crippen molar-refractivity contribution in [2.45, 2.75) is 32.0 Å². The van der Waals surface area contributed by atoms with Crippen molar-refractivity contribution >= 4 is 17.0 Å². The van der Waals surface area contributed by atoms with E-state index < -0.39 is 11.7 Å². The van der Waals surface area contributed by atoms with Crippen LogP contribution in [-0.2, 0) is 24.4 Å². The van der Waals surface area contributed by atoms with E-state index in [2.05, 4.69) is 45.0 Å². The normalized spacial score (nSPS) is 15.0. The lowest BCUT2D eigenvalue weighted by atomic mass is 9.98. The monoisotopic (exact) mass is 497 g/mol. The molecule has 0 amide bonds. The fourth-order valence-corrected chi connectivity index (χ4v) is 4.19. The van der Waals surface area contributed by atoms with E-state index in [1.165, 1.54) is 5.56 Å². The lowest BCUT2D eigenvalue weighted by Gasteiger charge is -2.25. The Morgan fingerprint density at radius 1 is 1.11 bits per heavy atom. The van der Waals surface area contributed by atoms with Gasteiger partial charge >= 0.3 is 12.2 Å². The Hall–Kier alpha value is -3.66. The Bertz CT molecular complexity index is 1330. The molecule has 0 saturated carbocycles. The topological polar surface area (TPSA) is 74.1 Å². The molecule has 0 aliphatic carbocycles. The van der Waals surface area contributed by atoms with Crippen LogP contribution in [0.2, 0.25) is 0 Å². The smallest absolute Gasteiger partial charge is 0.419 e. The standard InChI is InChI=1S/C26H26F3N5O2/c1-3-21(18-5-7-20(8-6-18)36-25-30-12-19(13-31-25)26(27,28)29)32-24-33-22-9-4-16(10-17-14-35-15-17)11-23(22)34(24)2/h4-9,11-13,17,21H,3,10,14-15H2,1-2H3,(H,32,33). The highest BCUT2D eigenvalue weighted by molar-refractivity contribution is 5.79. The Balaban J connectivity index is 1.27. The molecule has 0 bridgehead atoms. The van der Waals surface area contributed by atoms with Crippen LogP contribution >= 0.6 is 0 Å². The number of hydrogen-bond donors (Lipinski definition) is 1. The van der Waals surface area contributed by atoms with E-state index in [0.717, 1.165) is 48.6 Å². The van der Waals surface area contributed by atoms with Crippen molar-refractivity contribution in [3.8, 4) is 11.8 Å². The molecule has 1 atom stereocenters. The average molecular weight is 498 g/mol. The van der Waals surface area contributed by atoms with E-state index in [1.807, 2.05) is 19.2 Å². The van der Waals surface area contributed by atoms with Gasteiger partial charge < -0.3 is 19.4 Å². The van der Waals surface area contributed by atoms with Crippen LogP contribution in [0.3, 0.4) is 0 Å². The van der Waals surface area contributed by atoms with Crippen molar-refractivity contribution < 1.29 is 22.6 Å². The average Bonchev–Trinajstić information content (AvgIpc) is 3.15. The summed E-state index contributed by atoms with van der Waals surface area (Å²) in [5.41, 5.74) is 3.39. The molecule has 0 spiro atoms. The summed E-state index contributed by atoms with van der Waals surface area (Å²) in [6.07, 6.45) is -1.26. The van der Waals surface area contributed by atoms with Gasteiger partial charge in [-0.05, 0) is 48.2 Å². The van der Waals surface area contributed by atoms with Crippen molar-refractivity contribution in [3.05, 3.63) is 71.5 Å². The Morgan fingerprint density at radius 3 is 2.44 bits per heavy atom. The molecule has 1 fully saturated rings. The zero-order valence-electron chi connectivity index (χ0n) is 19.9. The van der Waals surface area contributed by atoms with Gasteiger partial charge in [0.05, 0.1) is 35.9 Å². The summed E-state index contributed by atoms with van der Waals surface area (Å²) in [5.74, 6) is 1.80. The molecular weight excluding hydrogens is 471 g/mol. The van der Waals surface area contributed by atoms with Gasteiger partial charge in [0.25, 0.3) is 0 Å². The van der Waals surface area contributed by atoms with Gasteiger partial charge in [-0.15, -0.1) is 0 Å². The molecule has 1 saturated heterocycles. The summed E-state index contributed by atoms with van der Waals surface area (Å²) in [4.78, 5) is 12.1. The maximum absolute atomic E-state index is 12.7. The lowest BCUT2D eigenvalue weighted by molar-refractivity contribution is -0.138. The first-order valence-corrected chi connectivity index (χ1v) is 11.8. The van der Waals surface area contributed by atoms with Crippen molar-refractivity contribution in [2.75, 3.05) is 18.5 Å². The van der Waals surface area contributed by atoms with E-state index in [-0.39, 0.29) is 12.1 Å². The van der Waals surface area contributed by atoms with Gasteiger partial charge in [-0.1, -0.05) is 25.1 Å². The SMILES string of the molecule is CCC(Nc1nc2ccc(CC3COC3)cc2n1C)c1ccc(Oc2ncc(C(F)(F)F)cn2)cc1. The number of alkyl halides is 3. The minimum absolute atomic E-state index is 0.00322. The highest BCUT2D eigenvalue weighted by Crippen LogP contribution is 2.30. The molecule has 1 aliphatic heterocycles. The van der Waals surface area contributed by atoms with Gasteiger partial charge in [-0.3, -0.25) is 0 Å². The van der Waals surface area contributed by atoms with Crippen molar-refractivity contribution in [2.24, 2.45) is 13.0 Å². The van der Waals surface area contributed by atoms with Gasteiger partial charge in [0.2, 0.25) is 5.95 Å². The second kappa shape index (κ2) is 9.77. The molecule has 0 radical (unpaired) electrons. The van der Waals surface area contributed by atoms with Crippen molar-refractivity contribution in [1.82, 2.24) is 19.5 Å². The number of fused-ring (bicyclic) bond motifs is 1. The molecule has 1 aliphatic rings. The summed E-state index contributed by atoms with van der Waals surface area (Å²) in [5, 5.41) is 3.53. The molecule has 4 aromatic rings. The van der Waals surface area contributed by atoms with Gasteiger partial charge in [-0.25, -0.2) is 15.0 Å². The second-order valence-electron chi connectivity index (χ2n) is 8.95. The van der Waals surface area contributed by atoms with Crippen LogP contribution in [0.4, 0.5) is 19.1 Å². The molecule has 7 nitrogen and oxygen atoms in total. The third kappa shape index (κ3) is 5.13. The van der Waals surface area contributed by atoms with Crippen LogP contribution in [0.25, 0.3) is 11.0 Å². The zero-order valence-corrected chi connectivity index (χ0v) is 19.9. The minimum atomic E-state index is -4.49. The minimum Gasteiger partial charge on any atom is -0.424 e. The maximum Gasteiger partial charge on any atom is 0.419 e. The molecular formula is C26H26F3N5O2. The van der Waals surface area contributed by atoms with Gasteiger partial charge in [0.1, 0.15) is 5.75 Å². The highest BCUT2D eigenvalue weighted by atomic mass is 19.4. The largest absolute Gasteiger partial charge is 0.424 e. The van der Waals surface area contributed by atoms with Crippen LogP contribution in [0.5, 0.6) is 11.8 Å². The number of halogens is 3. The third-order valence-electron chi connectivity index (χ3n) is 6.34. The van der Waals surface area contributed by atoms with Crippen molar-refractivity contribution in [3.63, 3.8) is 0 Å². The number of aryl methyl sites for hydroxylation is 1. The highest BCUT2D eigenvalue weighted by Gasteiger charge is 2.31. The molecule has 3 heterocycles. The first-order valence-electron chi connectivity index (χ1n) is 11.8. The number of hydrogen-bond acceptors (Lipinski definition) is 6. The van der Waals surface area contributed by atoms with E-state index in [9.17, 15) is 13.2 Å². The maximum atomic E-state index is 12.7. The summed E-state index contributed by atoms with van der Waals surface area (Å²) >= 11 is 0. The van der Waals surface area contributed by atoms with E-state index in [1.54, 1.807) is 12.1 Å². The zero-order chi connectivity index (χ0) is 25.3. The summed E-state index contributed by atoms with van der Waals surface area (Å²) in [7, 11) is 2.00. The van der Waals surface area contributed by atoms with Crippen LogP contribution < -0.4 is 10.1 Å². The molecule has 1 unspecified atom stereocenters. The van der Waals surface area contributed by atoms with E-state index in [0.29, 0.717) is 24.1 Å². The lowest BCUT2D eigenvalue weighted by Crippen LogP contribution is -2.29. The summed E-state index contributed by atoms with van der Waals surface area (Å²) in [6, 6.07) is 13.5. The van der Waals surface area contributed by atoms with Gasteiger partial charge in [0, 0.05) is 25.4 Å². The second-order valence-corrected chi connectivity index (χ2v) is 8.95. The number of anilines is 1. The van der Waals surface area contributed by atoms with E-state index >= 15 is 0 Å². The molecule has 1 N–H and O–H groups in total.